The Morgan fingerprint density at radius 3 is 0.547 bits per heavy atom. The first kappa shape index (κ1) is 94.2. The summed E-state index contributed by atoms with van der Waals surface area (Å²) >= 11 is 0. The molecule has 0 saturated heterocycles. The van der Waals surface area contributed by atoms with Crippen molar-refractivity contribution in [2.75, 3.05) is 0 Å². The van der Waals surface area contributed by atoms with Crippen molar-refractivity contribution in [3.05, 3.63) is 109 Å². The average molecular weight is 1630 g/mol. The molecule has 117 heavy (non-hydrogen) atoms. The summed E-state index contributed by atoms with van der Waals surface area (Å²) in [4.78, 5) is 229. The molecule has 6 heterocycles. The van der Waals surface area contributed by atoms with E-state index in [1.54, 1.807) is 27.7 Å². The molecule has 6 rings (SSSR count). The van der Waals surface area contributed by atoms with E-state index in [9.17, 15) is 57.8 Å². The van der Waals surface area contributed by atoms with E-state index in [1.807, 2.05) is 69.2 Å². The maximum atomic E-state index is 15.0. The number of amides is 12. The second-order valence-corrected chi connectivity index (χ2v) is 32.8. The van der Waals surface area contributed by atoms with E-state index in [0.717, 1.165) is 0 Å². The van der Waals surface area contributed by atoms with Gasteiger partial charge >= 0.3 is 5.97 Å². The zero-order valence-electron chi connectivity index (χ0n) is 69.2. The van der Waals surface area contributed by atoms with Gasteiger partial charge in [-0.15, -0.1) is 0 Å². The highest BCUT2D eigenvalue weighted by atomic mass is 16.4. The summed E-state index contributed by atoms with van der Waals surface area (Å²) in [6, 6.07) is -17.3. The number of rotatable bonds is 51. The lowest BCUT2D eigenvalue weighted by atomic mass is 9.98. The van der Waals surface area contributed by atoms with E-state index in [0.29, 0.717) is 40.6 Å². The predicted octanol–water partition coefficient (Wildman–Crippen LogP) is 0.333. The Hall–Kier alpha value is -11.7. The van der Waals surface area contributed by atoms with Crippen molar-refractivity contribution < 1.29 is 67.4 Å². The van der Waals surface area contributed by atoms with Crippen LogP contribution in [0.5, 0.6) is 0 Å². The number of hydrogen-bond donors (Lipinski definition) is 20. The first-order valence-corrected chi connectivity index (χ1v) is 39.9. The lowest BCUT2D eigenvalue weighted by molar-refractivity contribution is -0.142. The fourth-order valence-corrected chi connectivity index (χ4v) is 13.1. The van der Waals surface area contributed by atoms with Crippen molar-refractivity contribution in [2.24, 2.45) is 47.2 Å². The van der Waals surface area contributed by atoms with Crippen molar-refractivity contribution in [1.82, 2.24) is 124 Å². The lowest BCUT2D eigenvalue weighted by Crippen LogP contribution is -2.62. The maximum absolute atomic E-state index is 15.0. The van der Waals surface area contributed by atoms with Gasteiger partial charge in [0.25, 0.3) is 0 Å². The standard InChI is InChI=1S/C78H121N25O14/c1-40(2)15-53(79)66(104)92-60(22-47-28-80-34-86-47)73(111)96-54(16-41(3)4)67(105)93-57(19-44(9)10)70(108)99-63(25-50-31-83-37-89-50)76(114)101-61(23-48-29-81-35-87-48)74(112)97-55(17-42(5)6)68(106)94-58(20-45(11)12)71(109)100-64(26-51-32-84-38-90-51)77(115)102-62(24-49-30-82-36-88-49)75(113)98-56(18-43(7)8)69(107)95-59(21-46(13)14)72(110)103-65(78(116)117)27-52-33-85-39-91-52/h28-46,53-65H,15-27,79H2,1-14H3,(H,80,86)(H,81,87)(H,82,88)(H,83,89)(H,84,90)(H,85,91)(H,92,104)(H,93,105)(H,94,106)(H,95,107)(H,96,111)(H,97,112)(H,98,113)(H,99,108)(H,100,109)(H,101,114)(H,102,115)(H,103,110)(H,116,117)/t53-,54-,55-,56-,57-,58-,59-,60-,61-,62-,63-,64-,65-/m0/s1. The van der Waals surface area contributed by atoms with Crippen LogP contribution in [0, 0.1) is 41.4 Å². The Morgan fingerprint density at radius 1 is 0.248 bits per heavy atom. The Morgan fingerprint density at radius 2 is 0.393 bits per heavy atom. The largest absolute Gasteiger partial charge is 0.480 e. The highest BCUT2D eigenvalue weighted by Crippen LogP contribution is 2.18. The molecule has 6 aromatic heterocycles. The number of nitrogens with one attached hydrogen (secondary N) is 18. The summed E-state index contributed by atoms with van der Waals surface area (Å²) in [7, 11) is 0. The van der Waals surface area contributed by atoms with Crippen molar-refractivity contribution in [3.63, 3.8) is 0 Å². The molecular formula is C78H121N25O14. The van der Waals surface area contributed by atoms with Crippen LogP contribution in [0.1, 0.15) is 176 Å². The number of hydrogen-bond acceptors (Lipinski definition) is 20. The van der Waals surface area contributed by atoms with Crippen LogP contribution in [-0.4, -0.2) is 220 Å². The number of nitrogens with zero attached hydrogens (tertiary/aromatic N) is 6. The fourth-order valence-electron chi connectivity index (χ4n) is 13.1. The summed E-state index contributed by atoms with van der Waals surface area (Å²) in [5.41, 5.74) is 8.71. The van der Waals surface area contributed by atoms with Gasteiger partial charge in [-0.2, -0.15) is 0 Å². The molecule has 0 fully saturated rings. The van der Waals surface area contributed by atoms with Crippen LogP contribution in [0.3, 0.4) is 0 Å². The molecule has 39 nitrogen and oxygen atoms in total. The quantitative estimate of drug-likeness (QED) is 0.0245. The minimum Gasteiger partial charge on any atom is -0.480 e. The topological polar surface area (TPSA) is 585 Å². The number of aliphatic carboxylic acids is 1. The molecule has 0 bridgehead atoms. The van der Waals surface area contributed by atoms with Crippen molar-refractivity contribution in [1.29, 1.82) is 0 Å². The second kappa shape index (κ2) is 46.8. The molecule has 0 spiro atoms. The highest BCUT2D eigenvalue weighted by Gasteiger charge is 2.39. The Balaban J connectivity index is 1.22. The third-order valence-electron chi connectivity index (χ3n) is 18.8. The zero-order valence-corrected chi connectivity index (χ0v) is 69.2. The number of imidazole rings is 6. The van der Waals surface area contributed by atoms with Gasteiger partial charge < -0.3 is 105 Å². The van der Waals surface area contributed by atoms with E-state index in [1.165, 1.54) is 75.1 Å². The molecule has 0 unspecified atom stereocenters. The van der Waals surface area contributed by atoms with E-state index in [4.69, 9.17) is 5.73 Å². The Labute approximate surface area is 680 Å². The van der Waals surface area contributed by atoms with Crippen LogP contribution in [-0.2, 0) is 101 Å². The summed E-state index contributed by atoms with van der Waals surface area (Å²) < 4.78 is 0. The van der Waals surface area contributed by atoms with Gasteiger partial charge in [0.05, 0.1) is 44.0 Å². The molecule has 0 aliphatic heterocycles. The summed E-state index contributed by atoms with van der Waals surface area (Å²) in [5.74, 6) is -12.1. The number of H-pyrrole nitrogens is 6. The number of carbonyl (C=O) groups is 13. The molecule has 0 aromatic carbocycles. The van der Waals surface area contributed by atoms with Crippen molar-refractivity contribution in [2.45, 2.75) is 259 Å². The molecule has 0 aliphatic carbocycles. The first-order chi connectivity index (χ1) is 55.4. The van der Waals surface area contributed by atoms with Crippen LogP contribution < -0.4 is 69.5 Å². The average Bonchev–Trinajstić information content (AvgIpc) is 1.30. The normalized spacial score (nSPS) is 15.0. The summed E-state index contributed by atoms with van der Waals surface area (Å²) in [6.07, 6.45) is 16.5. The van der Waals surface area contributed by atoms with Gasteiger partial charge in [0.15, 0.2) is 0 Å². The monoisotopic (exact) mass is 1630 g/mol. The predicted molar refractivity (Wildman–Crippen MR) is 429 cm³/mol. The molecule has 0 saturated carbocycles. The van der Waals surface area contributed by atoms with E-state index in [-0.39, 0.29) is 118 Å². The van der Waals surface area contributed by atoms with Crippen molar-refractivity contribution >= 4 is 76.9 Å². The third-order valence-corrected chi connectivity index (χ3v) is 18.8. The van der Waals surface area contributed by atoms with Crippen LogP contribution in [0.15, 0.2) is 75.1 Å². The molecule has 12 amide bonds. The van der Waals surface area contributed by atoms with Crippen LogP contribution in [0.2, 0.25) is 0 Å². The second-order valence-electron chi connectivity index (χ2n) is 32.8. The fraction of sp³-hybridized carbons (Fsp3) is 0.603. The minimum atomic E-state index is -1.49. The van der Waals surface area contributed by atoms with Crippen LogP contribution in [0.4, 0.5) is 0 Å². The summed E-state index contributed by atoms with van der Waals surface area (Å²) in [5, 5.41) is 43.2. The number of carboxylic acids is 1. The number of aromatic nitrogens is 12. The number of carboxylic acid groups (broad SMARTS) is 1. The van der Waals surface area contributed by atoms with Crippen LogP contribution >= 0.6 is 0 Å². The van der Waals surface area contributed by atoms with Gasteiger partial charge in [0.1, 0.15) is 72.5 Å². The van der Waals surface area contributed by atoms with E-state index < -0.39 is 155 Å². The number of aromatic amines is 6. The summed E-state index contributed by atoms with van der Waals surface area (Å²) in [6.45, 7) is 25.6. The number of carbonyl (C=O) groups excluding carboxylic acids is 12. The molecular weight excluding hydrogens is 1510 g/mol. The van der Waals surface area contributed by atoms with Gasteiger partial charge in [-0.25, -0.2) is 34.7 Å². The molecule has 39 heteroatoms. The lowest BCUT2D eigenvalue weighted by Gasteiger charge is -2.29. The van der Waals surface area contributed by atoms with Gasteiger partial charge in [-0.1, -0.05) is 96.9 Å². The molecule has 0 aliphatic rings. The van der Waals surface area contributed by atoms with Gasteiger partial charge in [0.2, 0.25) is 70.9 Å². The van der Waals surface area contributed by atoms with Gasteiger partial charge in [0, 0.05) is 110 Å². The zero-order chi connectivity index (χ0) is 86.2. The number of nitrogens with two attached hydrogens (primary N) is 1. The first-order valence-electron chi connectivity index (χ1n) is 39.9. The molecule has 6 aromatic rings. The SMILES string of the molecule is CC(C)C[C@H](NC(=O)[C@H](CC(C)C)NC(=O)[C@H](Cc1cnc[nH]1)NC(=O)[C@H](Cc1cnc[nH]1)NC(=O)[C@H](CC(C)C)NC(=O)[C@H](CC(C)C)NC(=O)[C@H](Cc1cnc[nH]1)NC(=O)[C@H](Cc1cnc[nH]1)NC(=O)[C@H](CC(C)C)NC(=O)[C@H](CC(C)C)NC(=O)[C@H](Cc1cnc[nH]1)NC(=O)[C@@H](N)CC(C)C)C(=O)N[C@@H](Cc1cnc[nH]1)C(=O)O. The smallest absolute Gasteiger partial charge is 0.326 e. The third kappa shape index (κ3) is 32.9. The Kier molecular flexibility index (Phi) is 37.6. The maximum Gasteiger partial charge on any atom is 0.326 e. The van der Waals surface area contributed by atoms with Gasteiger partial charge in [-0.3, -0.25) is 57.5 Å². The van der Waals surface area contributed by atoms with Crippen LogP contribution in [0.25, 0.3) is 0 Å². The molecule has 21 N–H and O–H groups in total. The van der Waals surface area contributed by atoms with Gasteiger partial charge in [-0.05, 0) is 86.4 Å². The van der Waals surface area contributed by atoms with E-state index >= 15 is 9.59 Å². The highest BCUT2D eigenvalue weighted by molar-refractivity contribution is 6.00. The molecule has 642 valence electrons. The Bertz CT molecular complexity index is 4080. The van der Waals surface area contributed by atoms with Crippen molar-refractivity contribution in [3.8, 4) is 0 Å². The minimum absolute atomic E-state index is 0.00431. The molecule has 0 radical (unpaired) electrons. The van der Waals surface area contributed by atoms with E-state index in [2.05, 4.69) is 124 Å². The molecule has 13 atom stereocenters.